The maximum atomic E-state index is 5.65. The number of hydrogen-bond acceptors (Lipinski definition) is 3. The van der Waals surface area contributed by atoms with Crippen molar-refractivity contribution in [1.82, 2.24) is 20.1 Å². The molecule has 1 aliphatic heterocycles. The quantitative estimate of drug-likeness (QED) is 0.324. The Morgan fingerprint density at radius 3 is 2.48 bits per heavy atom. The minimum atomic E-state index is 0. The Kier molecular flexibility index (Phi) is 10.3. The van der Waals surface area contributed by atoms with Crippen LogP contribution in [-0.2, 0) is 6.54 Å². The number of guanidine groups is 1. The Labute approximate surface area is 191 Å². The SMILES string of the molecule is CN=C(NCCn1cccc1)NCC(c1ccccc1OC)N1CCCCC1.I. The first-order valence-electron chi connectivity index (χ1n) is 10.2. The fourth-order valence-corrected chi connectivity index (χ4v) is 3.84. The summed E-state index contributed by atoms with van der Waals surface area (Å²) in [5.41, 5.74) is 1.24. The maximum absolute atomic E-state index is 5.65. The van der Waals surface area contributed by atoms with Gasteiger partial charge in [0.2, 0.25) is 0 Å². The number of benzene rings is 1. The zero-order valence-electron chi connectivity index (χ0n) is 17.5. The van der Waals surface area contributed by atoms with Crippen molar-refractivity contribution in [2.24, 2.45) is 4.99 Å². The molecule has 160 valence electrons. The molecule has 1 aromatic heterocycles. The number of nitrogens with zero attached hydrogens (tertiary/aromatic N) is 3. The van der Waals surface area contributed by atoms with Gasteiger partial charge in [-0.3, -0.25) is 9.89 Å². The number of halogens is 1. The van der Waals surface area contributed by atoms with Gasteiger partial charge < -0.3 is 19.9 Å². The first-order valence-corrected chi connectivity index (χ1v) is 10.2. The van der Waals surface area contributed by atoms with E-state index < -0.39 is 0 Å². The fraction of sp³-hybridized carbons (Fsp3) is 0.500. The van der Waals surface area contributed by atoms with E-state index in [0.717, 1.165) is 44.4 Å². The number of aromatic nitrogens is 1. The Morgan fingerprint density at radius 1 is 1.07 bits per heavy atom. The van der Waals surface area contributed by atoms with E-state index in [0.29, 0.717) is 0 Å². The summed E-state index contributed by atoms with van der Waals surface area (Å²) in [4.78, 5) is 6.97. The van der Waals surface area contributed by atoms with Crippen molar-refractivity contribution in [2.75, 3.05) is 40.3 Å². The van der Waals surface area contributed by atoms with Crippen molar-refractivity contribution >= 4 is 29.9 Å². The second kappa shape index (κ2) is 12.7. The largest absolute Gasteiger partial charge is 0.496 e. The molecule has 2 aromatic rings. The number of piperidine rings is 1. The van der Waals surface area contributed by atoms with Crippen LogP contribution in [0.4, 0.5) is 0 Å². The third-order valence-corrected chi connectivity index (χ3v) is 5.34. The summed E-state index contributed by atoms with van der Waals surface area (Å²) in [6.07, 6.45) is 7.99. The molecule has 0 radical (unpaired) electrons. The molecule has 3 rings (SSSR count). The highest BCUT2D eigenvalue weighted by atomic mass is 127. The summed E-state index contributed by atoms with van der Waals surface area (Å²) in [5, 5.41) is 6.94. The second-order valence-electron chi connectivity index (χ2n) is 7.16. The fourth-order valence-electron chi connectivity index (χ4n) is 3.84. The minimum Gasteiger partial charge on any atom is -0.496 e. The molecular weight excluding hydrogens is 477 g/mol. The van der Waals surface area contributed by atoms with Crippen molar-refractivity contribution in [3.05, 3.63) is 54.4 Å². The van der Waals surface area contributed by atoms with Crippen LogP contribution in [-0.4, -0.2) is 55.8 Å². The summed E-state index contributed by atoms with van der Waals surface area (Å²) >= 11 is 0. The predicted molar refractivity (Wildman–Crippen MR) is 130 cm³/mol. The standard InChI is InChI=1S/C22H33N5O.HI/c1-23-22(24-12-17-26-13-8-9-14-26)25-18-20(27-15-6-3-7-16-27)19-10-4-5-11-21(19)28-2;/h4-5,8-11,13-14,20H,3,6-7,12,15-18H2,1-2H3,(H2,23,24,25);1H. The maximum Gasteiger partial charge on any atom is 0.191 e. The molecule has 29 heavy (non-hydrogen) atoms. The van der Waals surface area contributed by atoms with Crippen molar-refractivity contribution < 1.29 is 4.74 Å². The smallest absolute Gasteiger partial charge is 0.191 e. The number of nitrogens with one attached hydrogen (secondary N) is 2. The van der Waals surface area contributed by atoms with E-state index in [1.807, 2.05) is 25.2 Å². The van der Waals surface area contributed by atoms with Gasteiger partial charge >= 0.3 is 0 Å². The zero-order valence-corrected chi connectivity index (χ0v) is 19.8. The van der Waals surface area contributed by atoms with Crippen molar-refractivity contribution in [3.63, 3.8) is 0 Å². The van der Waals surface area contributed by atoms with Crippen LogP contribution in [0.2, 0.25) is 0 Å². The van der Waals surface area contributed by atoms with E-state index in [1.54, 1.807) is 7.11 Å². The lowest BCUT2D eigenvalue weighted by Crippen LogP contribution is -2.45. The molecule has 1 aromatic carbocycles. The topological polar surface area (TPSA) is 53.8 Å². The minimum absolute atomic E-state index is 0. The van der Waals surface area contributed by atoms with Gasteiger partial charge in [-0.05, 0) is 44.1 Å². The lowest BCUT2D eigenvalue weighted by Gasteiger charge is -2.35. The molecule has 2 heterocycles. The molecule has 0 saturated carbocycles. The number of hydrogen-bond donors (Lipinski definition) is 2. The number of para-hydroxylation sites is 1. The van der Waals surface area contributed by atoms with Gasteiger partial charge in [-0.15, -0.1) is 24.0 Å². The van der Waals surface area contributed by atoms with E-state index in [-0.39, 0.29) is 30.0 Å². The highest BCUT2D eigenvalue weighted by Gasteiger charge is 2.25. The Balaban J connectivity index is 0.00000300. The predicted octanol–water partition coefficient (Wildman–Crippen LogP) is 3.51. The summed E-state index contributed by atoms with van der Waals surface area (Å²) in [7, 11) is 3.57. The van der Waals surface area contributed by atoms with Crippen molar-refractivity contribution in [1.29, 1.82) is 0 Å². The zero-order chi connectivity index (χ0) is 19.6. The lowest BCUT2D eigenvalue weighted by atomic mass is 10.0. The number of aliphatic imine (C=N–C) groups is 1. The summed E-state index contributed by atoms with van der Waals surface area (Å²) < 4.78 is 7.81. The summed E-state index contributed by atoms with van der Waals surface area (Å²) in [5.74, 6) is 1.79. The molecule has 0 aliphatic carbocycles. The van der Waals surface area contributed by atoms with Gasteiger partial charge in [0.25, 0.3) is 0 Å². The molecular formula is C22H34IN5O. The molecule has 0 bridgehead atoms. The average molecular weight is 511 g/mol. The van der Waals surface area contributed by atoms with Crippen LogP contribution in [0.25, 0.3) is 0 Å². The molecule has 0 amide bonds. The lowest BCUT2D eigenvalue weighted by molar-refractivity contribution is 0.161. The number of likely N-dealkylation sites (tertiary alicyclic amines) is 1. The third-order valence-electron chi connectivity index (χ3n) is 5.34. The van der Waals surface area contributed by atoms with E-state index in [1.165, 1.54) is 24.8 Å². The molecule has 1 saturated heterocycles. The van der Waals surface area contributed by atoms with Crippen molar-refractivity contribution in [3.8, 4) is 5.75 Å². The van der Waals surface area contributed by atoms with Crippen LogP contribution >= 0.6 is 24.0 Å². The molecule has 1 atom stereocenters. The van der Waals surface area contributed by atoms with Crippen LogP contribution in [0.5, 0.6) is 5.75 Å². The van der Waals surface area contributed by atoms with Gasteiger partial charge in [0.05, 0.1) is 13.2 Å². The normalized spacial score (nSPS) is 16.0. The van der Waals surface area contributed by atoms with E-state index in [2.05, 4.69) is 55.7 Å². The molecule has 1 fully saturated rings. The van der Waals surface area contributed by atoms with Crippen LogP contribution < -0.4 is 15.4 Å². The van der Waals surface area contributed by atoms with Gasteiger partial charge in [0.1, 0.15) is 5.75 Å². The van der Waals surface area contributed by atoms with Crippen LogP contribution in [0.3, 0.4) is 0 Å². The molecule has 0 spiro atoms. The third kappa shape index (κ3) is 6.92. The number of rotatable bonds is 8. The number of ether oxygens (including phenoxy) is 1. The first-order chi connectivity index (χ1) is 13.8. The van der Waals surface area contributed by atoms with Crippen LogP contribution in [0.15, 0.2) is 53.8 Å². The van der Waals surface area contributed by atoms with E-state index in [9.17, 15) is 0 Å². The highest BCUT2D eigenvalue weighted by Crippen LogP contribution is 2.30. The van der Waals surface area contributed by atoms with E-state index >= 15 is 0 Å². The number of methoxy groups -OCH3 is 1. The van der Waals surface area contributed by atoms with Crippen LogP contribution in [0, 0.1) is 0 Å². The van der Waals surface area contributed by atoms with Gasteiger partial charge in [-0.25, -0.2) is 0 Å². The summed E-state index contributed by atoms with van der Waals surface area (Å²) in [6.45, 7) is 4.80. The highest BCUT2D eigenvalue weighted by molar-refractivity contribution is 14.0. The first kappa shape index (κ1) is 23.5. The molecule has 7 heteroatoms. The monoisotopic (exact) mass is 511 g/mol. The second-order valence-corrected chi connectivity index (χ2v) is 7.16. The van der Waals surface area contributed by atoms with Gasteiger partial charge in [-0.1, -0.05) is 24.6 Å². The Hall–Kier alpha value is -1.74. The van der Waals surface area contributed by atoms with Gasteiger partial charge in [0.15, 0.2) is 5.96 Å². The Bertz CT molecular complexity index is 729. The Morgan fingerprint density at radius 2 is 1.79 bits per heavy atom. The van der Waals surface area contributed by atoms with Gasteiger partial charge in [0, 0.05) is 44.6 Å². The molecule has 2 N–H and O–H groups in total. The van der Waals surface area contributed by atoms with Gasteiger partial charge in [-0.2, -0.15) is 0 Å². The average Bonchev–Trinajstić information content (AvgIpc) is 3.27. The molecule has 1 aliphatic rings. The summed E-state index contributed by atoms with van der Waals surface area (Å²) in [6, 6.07) is 12.7. The molecule has 1 unspecified atom stereocenters. The van der Waals surface area contributed by atoms with Crippen molar-refractivity contribution in [2.45, 2.75) is 31.8 Å². The molecule has 6 nitrogen and oxygen atoms in total. The van der Waals surface area contributed by atoms with Crippen LogP contribution in [0.1, 0.15) is 30.9 Å². The van der Waals surface area contributed by atoms with E-state index in [4.69, 9.17) is 4.74 Å².